The Hall–Kier alpha value is -0.830. The van der Waals surface area contributed by atoms with E-state index in [2.05, 4.69) is 30.3 Å². The topological polar surface area (TPSA) is 29.9 Å². The Kier molecular flexibility index (Phi) is 3.96. The third-order valence-corrected chi connectivity index (χ3v) is 2.21. The molecule has 0 aliphatic rings. The lowest BCUT2D eigenvalue weighted by Crippen LogP contribution is -2.30. The van der Waals surface area contributed by atoms with Crippen LogP contribution in [0.25, 0.3) is 0 Å². The van der Waals surface area contributed by atoms with E-state index >= 15 is 0 Å². The van der Waals surface area contributed by atoms with E-state index in [1.54, 1.807) is 0 Å². The summed E-state index contributed by atoms with van der Waals surface area (Å²) in [6.07, 6.45) is 4.18. The van der Waals surface area contributed by atoms with Crippen molar-refractivity contribution in [2.24, 2.45) is 7.05 Å². The Bertz CT molecular complexity index is 242. The van der Waals surface area contributed by atoms with E-state index in [-0.39, 0.29) is 0 Å². The zero-order valence-electron chi connectivity index (χ0n) is 8.75. The van der Waals surface area contributed by atoms with Gasteiger partial charge in [0.25, 0.3) is 0 Å². The van der Waals surface area contributed by atoms with Gasteiger partial charge in [-0.1, -0.05) is 13.8 Å². The number of nitrogens with one attached hydrogen (secondary N) is 1. The van der Waals surface area contributed by atoms with Crippen LogP contribution < -0.4 is 5.32 Å². The smallest absolute Gasteiger partial charge is 0.0639 e. The molecule has 0 saturated heterocycles. The summed E-state index contributed by atoms with van der Waals surface area (Å²) in [5, 5.41) is 7.80. The zero-order valence-corrected chi connectivity index (χ0v) is 8.75. The second-order valence-corrected chi connectivity index (χ2v) is 3.35. The summed E-state index contributed by atoms with van der Waals surface area (Å²) in [6.45, 7) is 5.38. The molecule has 1 aromatic heterocycles. The molecule has 1 unspecified atom stereocenters. The van der Waals surface area contributed by atoms with Crippen molar-refractivity contribution < 1.29 is 0 Å². The van der Waals surface area contributed by atoms with Crippen molar-refractivity contribution in [1.82, 2.24) is 15.1 Å². The molecule has 0 spiro atoms. The van der Waals surface area contributed by atoms with Crippen molar-refractivity contribution in [2.45, 2.75) is 32.7 Å². The molecule has 1 atom stereocenters. The second-order valence-electron chi connectivity index (χ2n) is 3.35. The maximum atomic E-state index is 4.36. The van der Waals surface area contributed by atoms with Crippen molar-refractivity contribution >= 4 is 0 Å². The van der Waals surface area contributed by atoms with E-state index in [9.17, 15) is 0 Å². The fourth-order valence-corrected chi connectivity index (χ4v) is 1.47. The fraction of sp³-hybridized carbons (Fsp3) is 0.700. The minimum atomic E-state index is 0.569. The van der Waals surface area contributed by atoms with Crippen molar-refractivity contribution in [3.05, 3.63) is 18.0 Å². The van der Waals surface area contributed by atoms with E-state index in [1.807, 2.05) is 17.9 Å². The molecule has 0 aliphatic carbocycles. The van der Waals surface area contributed by atoms with E-state index in [0.717, 1.165) is 19.4 Å². The summed E-state index contributed by atoms with van der Waals surface area (Å²) in [6, 6.07) is 2.65. The lowest BCUT2D eigenvalue weighted by molar-refractivity contribution is 0.503. The Labute approximate surface area is 80.1 Å². The third kappa shape index (κ3) is 3.19. The van der Waals surface area contributed by atoms with Crippen LogP contribution in [-0.4, -0.2) is 22.4 Å². The van der Waals surface area contributed by atoms with Crippen LogP contribution in [0.5, 0.6) is 0 Å². The molecular weight excluding hydrogens is 162 g/mol. The van der Waals surface area contributed by atoms with Gasteiger partial charge in [0, 0.05) is 25.7 Å². The Morgan fingerprint density at radius 1 is 1.54 bits per heavy atom. The van der Waals surface area contributed by atoms with Gasteiger partial charge in [0.1, 0.15) is 0 Å². The number of aryl methyl sites for hydroxylation is 1. The Morgan fingerprint density at radius 3 is 2.77 bits per heavy atom. The van der Waals surface area contributed by atoms with Gasteiger partial charge < -0.3 is 5.32 Å². The van der Waals surface area contributed by atoms with Gasteiger partial charge in [-0.15, -0.1) is 0 Å². The van der Waals surface area contributed by atoms with Gasteiger partial charge in [0.2, 0.25) is 0 Å². The van der Waals surface area contributed by atoms with E-state index in [0.29, 0.717) is 6.04 Å². The normalized spacial score (nSPS) is 13.2. The number of likely N-dealkylation sites (N-methyl/N-ethyl adjacent to an activating group) is 1. The molecule has 13 heavy (non-hydrogen) atoms. The maximum Gasteiger partial charge on any atom is 0.0639 e. The van der Waals surface area contributed by atoms with Crippen molar-refractivity contribution in [3.8, 4) is 0 Å². The van der Waals surface area contributed by atoms with Crippen LogP contribution in [0.15, 0.2) is 12.3 Å². The molecule has 0 radical (unpaired) electrons. The van der Waals surface area contributed by atoms with Gasteiger partial charge in [0.05, 0.1) is 5.69 Å². The molecule has 0 fully saturated rings. The van der Waals surface area contributed by atoms with Crippen LogP contribution in [0.2, 0.25) is 0 Å². The molecule has 1 aromatic rings. The van der Waals surface area contributed by atoms with Crippen molar-refractivity contribution in [1.29, 1.82) is 0 Å². The number of nitrogens with zero attached hydrogens (tertiary/aromatic N) is 2. The van der Waals surface area contributed by atoms with Crippen LogP contribution in [-0.2, 0) is 13.5 Å². The van der Waals surface area contributed by atoms with Crippen LogP contribution in [0, 0.1) is 0 Å². The van der Waals surface area contributed by atoms with Gasteiger partial charge in [-0.25, -0.2) is 0 Å². The predicted octanol–water partition coefficient (Wildman–Crippen LogP) is 1.35. The minimum absolute atomic E-state index is 0.569. The van der Waals surface area contributed by atoms with E-state index in [4.69, 9.17) is 0 Å². The van der Waals surface area contributed by atoms with Gasteiger partial charge >= 0.3 is 0 Å². The number of rotatable bonds is 5. The molecule has 0 saturated carbocycles. The molecule has 0 amide bonds. The highest BCUT2D eigenvalue weighted by Crippen LogP contribution is 2.02. The predicted molar refractivity (Wildman–Crippen MR) is 54.7 cm³/mol. The van der Waals surface area contributed by atoms with Crippen LogP contribution in [0.1, 0.15) is 26.0 Å². The van der Waals surface area contributed by atoms with Crippen LogP contribution >= 0.6 is 0 Å². The molecule has 3 heteroatoms. The highest BCUT2D eigenvalue weighted by atomic mass is 15.2. The first kappa shape index (κ1) is 10.3. The summed E-state index contributed by atoms with van der Waals surface area (Å²) in [5.74, 6) is 0. The van der Waals surface area contributed by atoms with Gasteiger partial charge in [-0.2, -0.15) is 5.10 Å². The highest BCUT2D eigenvalue weighted by Gasteiger charge is 2.06. The maximum absolute atomic E-state index is 4.36. The van der Waals surface area contributed by atoms with Gasteiger partial charge in [0.15, 0.2) is 0 Å². The number of hydrogen-bond donors (Lipinski definition) is 1. The van der Waals surface area contributed by atoms with Gasteiger partial charge in [-0.3, -0.25) is 4.68 Å². The Balaban J connectivity index is 2.46. The molecule has 0 aliphatic heterocycles. The van der Waals surface area contributed by atoms with Crippen molar-refractivity contribution in [3.63, 3.8) is 0 Å². The summed E-state index contributed by atoms with van der Waals surface area (Å²) >= 11 is 0. The molecule has 0 aromatic carbocycles. The minimum Gasteiger partial charge on any atom is -0.314 e. The standard InChI is InChI=1S/C10H19N3/c1-4-9(11-5-2)8-10-6-7-13(3)12-10/h6-7,9,11H,4-5,8H2,1-3H3. The molecule has 3 nitrogen and oxygen atoms in total. The highest BCUT2D eigenvalue weighted by molar-refractivity contribution is 5.01. The summed E-state index contributed by atoms with van der Waals surface area (Å²) in [7, 11) is 1.96. The first-order chi connectivity index (χ1) is 6.26. The molecule has 1 heterocycles. The summed E-state index contributed by atoms with van der Waals surface area (Å²) < 4.78 is 1.86. The van der Waals surface area contributed by atoms with Gasteiger partial charge in [-0.05, 0) is 19.0 Å². The van der Waals surface area contributed by atoms with E-state index < -0.39 is 0 Å². The largest absolute Gasteiger partial charge is 0.314 e. The Morgan fingerprint density at radius 2 is 2.31 bits per heavy atom. The average molecular weight is 181 g/mol. The molecule has 74 valence electrons. The fourth-order valence-electron chi connectivity index (χ4n) is 1.47. The lowest BCUT2D eigenvalue weighted by Gasteiger charge is -2.13. The first-order valence-corrected chi connectivity index (χ1v) is 4.98. The molecular formula is C10H19N3. The lowest BCUT2D eigenvalue weighted by atomic mass is 10.1. The summed E-state index contributed by atoms with van der Waals surface area (Å²) in [4.78, 5) is 0. The zero-order chi connectivity index (χ0) is 9.68. The second kappa shape index (κ2) is 5.02. The first-order valence-electron chi connectivity index (χ1n) is 4.98. The van der Waals surface area contributed by atoms with E-state index in [1.165, 1.54) is 5.69 Å². The monoisotopic (exact) mass is 181 g/mol. The molecule has 1 rings (SSSR count). The molecule has 1 N–H and O–H groups in total. The number of aromatic nitrogens is 2. The van der Waals surface area contributed by atoms with Crippen molar-refractivity contribution in [2.75, 3.05) is 6.54 Å². The van der Waals surface area contributed by atoms with Crippen LogP contribution in [0.4, 0.5) is 0 Å². The summed E-state index contributed by atoms with van der Waals surface area (Å²) in [5.41, 5.74) is 1.18. The molecule has 0 bridgehead atoms. The third-order valence-electron chi connectivity index (χ3n) is 2.21. The quantitative estimate of drug-likeness (QED) is 0.743. The SMILES string of the molecule is CCNC(CC)Cc1ccn(C)n1. The average Bonchev–Trinajstić information content (AvgIpc) is 2.50. The van der Waals surface area contributed by atoms with Crippen LogP contribution in [0.3, 0.4) is 0 Å². The number of hydrogen-bond acceptors (Lipinski definition) is 2.